The van der Waals surface area contributed by atoms with Crippen molar-refractivity contribution in [3.63, 3.8) is 0 Å². The molecule has 0 saturated carbocycles. The quantitative estimate of drug-likeness (QED) is 0.761. The van der Waals surface area contributed by atoms with E-state index in [1.165, 1.54) is 24.1 Å². The number of anilines is 2. The third kappa shape index (κ3) is 4.95. The summed E-state index contributed by atoms with van der Waals surface area (Å²) >= 11 is 0. The van der Waals surface area contributed by atoms with Crippen molar-refractivity contribution in [2.45, 2.75) is 38.1 Å². The number of nitrogens with one attached hydrogen (secondary N) is 1. The molecule has 2 aromatic rings. The fourth-order valence-electron chi connectivity index (χ4n) is 3.51. The molecule has 0 radical (unpaired) electrons. The lowest BCUT2D eigenvalue weighted by atomic mass is 9.97. The largest absolute Gasteiger partial charge is 0.397 e. The van der Waals surface area contributed by atoms with Crippen LogP contribution in [0.15, 0.2) is 48.5 Å². The minimum atomic E-state index is -0.287. The van der Waals surface area contributed by atoms with Gasteiger partial charge in [0.2, 0.25) is 0 Å². The zero-order valence-corrected chi connectivity index (χ0v) is 14.9. The summed E-state index contributed by atoms with van der Waals surface area (Å²) in [6.45, 7) is 5.64. The molecule has 4 heteroatoms. The molecule has 134 valence electrons. The summed E-state index contributed by atoms with van der Waals surface area (Å²) in [6.07, 6.45) is 3.38. The first-order valence-corrected chi connectivity index (χ1v) is 9.20. The highest BCUT2D eigenvalue weighted by molar-refractivity contribution is 5.66. The van der Waals surface area contributed by atoms with E-state index in [1.54, 1.807) is 6.07 Å². The van der Waals surface area contributed by atoms with Gasteiger partial charge < -0.3 is 16.0 Å². The van der Waals surface area contributed by atoms with Gasteiger partial charge in [-0.05, 0) is 55.5 Å². The summed E-state index contributed by atoms with van der Waals surface area (Å²) < 4.78 is 13.1. The van der Waals surface area contributed by atoms with Gasteiger partial charge in [0.05, 0.1) is 11.4 Å². The van der Waals surface area contributed by atoms with Crippen LogP contribution in [0, 0.1) is 5.82 Å². The van der Waals surface area contributed by atoms with E-state index in [-0.39, 0.29) is 5.82 Å². The maximum atomic E-state index is 13.1. The second kappa shape index (κ2) is 8.34. The van der Waals surface area contributed by atoms with E-state index in [9.17, 15) is 4.39 Å². The zero-order valence-electron chi connectivity index (χ0n) is 14.9. The number of benzene rings is 2. The maximum absolute atomic E-state index is 13.1. The molecule has 1 fully saturated rings. The summed E-state index contributed by atoms with van der Waals surface area (Å²) in [5, 5.41) is 3.47. The Labute approximate surface area is 150 Å². The molecule has 1 heterocycles. The van der Waals surface area contributed by atoms with Gasteiger partial charge in [-0.25, -0.2) is 4.39 Å². The van der Waals surface area contributed by atoms with Gasteiger partial charge in [0, 0.05) is 19.1 Å². The van der Waals surface area contributed by atoms with Crippen molar-refractivity contribution in [3.8, 4) is 0 Å². The number of hydrogen-bond acceptors (Lipinski definition) is 3. The normalized spacial score (nSPS) is 17.4. The van der Waals surface area contributed by atoms with E-state index in [4.69, 9.17) is 5.73 Å². The second-order valence-electron chi connectivity index (χ2n) is 7.09. The first kappa shape index (κ1) is 17.7. The Balaban J connectivity index is 1.43. The van der Waals surface area contributed by atoms with Crippen LogP contribution >= 0.6 is 0 Å². The highest BCUT2D eigenvalue weighted by atomic mass is 19.1. The summed E-state index contributed by atoms with van der Waals surface area (Å²) in [4.78, 5) is 2.55. The lowest BCUT2D eigenvalue weighted by Gasteiger charge is -2.33. The Hall–Kier alpha value is -2.07. The van der Waals surface area contributed by atoms with E-state index in [0.717, 1.165) is 38.2 Å². The first-order valence-electron chi connectivity index (χ1n) is 9.20. The first-order chi connectivity index (χ1) is 12.1. The molecule has 1 aliphatic heterocycles. The number of nitrogen functional groups attached to an aromatic ring is 1. The maximum Gasteiger partial charge on any atom is 0.125 e. The number of hydrogen-bond donors (Lipinski definition) is 2. The predicted octanol–water partition coefficient (Wildman–Crippen LogP) is 4.48. The van der Waals surface area contributed by atoms with Crippen LogP contribution in [0.5, 0.6) is 0 Å². The molecule has 25 heavy (non-hydrogen) atoms. The highest BCUT2D eigenvalue weighted by Gasteiger charge is 2.20. The van der Waals surface area contributed by atoms with E-state index < -0.39 is 0 Å². The molecule has 0 spiro atoms. The Kier molecular flexibility index (Phi) is 5.92. The van der Waals surface area contributed by atoms with Crippen LogP contribution in [0.4, 0.5) is 15.8 Å². The molecular weight excluding hydrogens is 313 g/mol. The Morgan fingerprint density at radius 3 is 2.56 bits per heavy atom. The third-order valence-corrected chi connectivity index (χ3v) is 5.21. The van der Waals surface area contributed by atoms with E-state index in [2.05, 4.69) is 47.5 Å². The molecule has 1 unspecified atom stereocenters. The summed E-state index contributed by atoms with van der Waals surface area (Å²) in [7, 11) is 0. The number of likely N-dealkylation sites (tertiary alicyclic amines) is 1. The van der Waals surface area contributed by atoms with E-state index in [0.29, 0.717) is 17.6 Å². The summed E-state index contributed by atoms with van der Waals surface area (Å²) in [6, 6.07) is 15.7. The minimum Gasteiger partial charge on any atom is -0.397 e. The standard InChI is InChI=1S/C21H28FN3/c1-16(17-5-3-2-4-6-17)9-12-25-13-10-19(11-14-25)24-21-8-7-18(22)15-20(21)23/h2-8,15-16,19,24H,9-14,23H2,1H3. The molecule has 1 aliphatic rings. The summed E-state index contributed by atoms with van der Waals surface area (Å²) in [5.74, 6) is 0.307. The third-order valence-electron chi connectivity index (χ3n) is 5.21. The van der Waals surface area contributed by atoms with Crippen LogP contribution in [0.25, 0.3) is 0 Å². The lowest BCUT2D eigenvalue weighted by Crippen LogP contribution is -2.39. The SMILES string of the molecule is CC(CCN1CCC(Nc2ccc(F)cc2N)CC1)c1ccccc1. The average molecular weight is 341 g/mol. The molecule has 3 nitrogen and oxygen atoms in total. The molecule has 0 aliphatic carbocycles. The fourth-order valence-corrected chi connectivity index (χ4v) is 3.51. The van der Waals surface area contributed by atoms with Crippen molar-refractivity contribution in [2.24, 2.45) is 0 Å². The van der Waals surface area contributed by atoms with Crippen molar-refractivity contribution in [2.75, 3.05) is 30.7 Å². The van der Waals surface area contributed by atoms with Crippen LogP contribution in [0.2, 0.25) is 0 Å². The molecule has 3 rings (SSSR count). The van der Waals surface area contributed by atoms with E-state index in [1.807, 2.05) is 0 Å². The molecule has 3 N–H and O–H groups in total. The molecule has 2 aromatic carbocycles. The molecule has 1 saturated heterocycles. The Morgan fingerprint density at radius 2 is 1.88 bits per heavy atom. The molecule has 1 atom stereocenters. The van der Waals surface area contributed by atoms with Crippen LogP contribution in [0.1, 0.15) is 37.7 Å². The summed E-state index contributed by atoms with van der Waals surface area (Å²) in [5.41, 5.74) is 8.64. The van der Waals surface area contributed by atoms with Crippen LogP contribution in [-0.4, -0.2) is 30.6 Å². The number of nitrogens with zero attached hydrogens (tertiary/aromatic N) is 1. The van der Waals surface area contributed by atoms with Gasteiger partial charge in [0.15, 0.2) is 0 Å². The Morgan fingerprint density at radius 1 is 1.16 bits per heavy atom. The van der Waals surface area contributed by atoms with Crippen LogP contribution in [0.3, 0.4) is 0 Å². The average Bonchev–Trinajstić information content (AvgIpc) is 2.64. The van der Waals surface area contributed by atoms with Crippen LogP contribution in [-0.2, 0) is 0 Å². The molecular formula is C21H28FN3. The molecule has 0 bridgehead atoms. The van der Waals surface area contributed by atoms with Crippen molar-refractivity contribution in [3.05, 3.63) is 59.9 Å². The van der Waals surface area contributed by atoms with Crippen molar-refractivity contribution < 1.29 is 4.39 Å². The minimum absolute atomic E-state index is 0.287. The van der Waals surface area contributed by atoms with Crippen LogP contribution < -0.4 is 11.1 Å². The fraction of sp³-hybridized carbons (Fsp3) is 0.429. The number of piperidine rings is 1. The van der Waals surface area contributed by atoms with Gasteiger partial charge in [-0.2, -0.15) is 0 Å². The molecule has 0 aromatic heterocycles. The number of halogens is 1. The van der Waals surface area contributed by atoms with E-state index >= 15 is 0 Å². The number of nitrogens with two attached hydrogens (primary N) is 1. The van der Waals surface area contributed by atoms with Gasteiger partial charge >= 0.3 is 0 Å². The predicted molar refractivity (Wildman–Crippen MR) is 103 cm³/mol. The van der Waals surface area contributed by atoms with Gasteiger partial charge in [-0.15, -0.1) is 0 Å². The van der Waals surface area contributed by atoms with Crippen molar-refractivity contribution in [1.82, 2.24) is 4.90 Å². The Bertz CT molecular complexity index is 666. The topological polar surface area (TPSA) is 41.3 Å². The number of rotatable bonds is 6. The van der Waals surface area contributed by atoms with Crippen molar-refractivity contribution >= 4 is 11.4 Å². The van der Waals surface area contributed by atoms with Gasteiger partial charge in [-0.1, -0.05) is 37.3 Å². The molecule has 0 amide bonds. The lowest BCUT2D eigenvalue weighted by molar-refractivity contribution is 0.213. The second-order valence-corrected chi connectivity index (χ2v) is 7.09. The highest BCUT2D eigenvalue weighted by Crippen LogP contribution is 2.24. The van der Waals surface area contributed by atoms with Gasteiger partial charge in [-0.3, -0.25) is 0 Å². The van der Waals surface area contributed by atoms with Gasteiger partial charge in [0.25, 0.3) is 0 Å². The van der Waals surface area contributed by atoms with Gasteiger partial charge in [0.1, 0.15) is 5.82 Å². The smallest absolute Gasteiger partial charge is 0.125 e. The monoisotopic (exact) mass is 341 g/mol. The zero-order chi connectivity index (χ0) is 17.6. The van der Waals surface area contributed by atoms with Crippen molar-refractivity contribution in [1.29, 1.82) is 0 Å².